The zero-order valence-corrected chi connectivity index (χ0v) is 13.8. The molecule has 1 heterocycles. The average molecular weight is 363 g/mol. The lowest BCUT2D eigenvalue weighted by molar-refractivity contribution is 0.308. The number of piperidine rings is 1. The van der Waals surface area contributed by atoms with Gasteiger partial charge in [0.1, 0.15) is 10.6 Å². The molecule has 1 aromatic carbocycles. The number of benzene rings is 1. The van der Waals surface area contributed by atoms with E-state index in [2.05, 4.69) is 15.9 Å². The average Bonchev–Trinajstić information content (AvgIpc) is 2.41. The molecule has 1 atom stereocenters. The zero-order valence-electron chi connectivity index (χ0n) is 11.4. The summed E-state index contributed by atoms with van der Waals surface area (Å²) in [4.78, 5) is 0.197. The van der Waals surface area contributed by atoms with Crippen LogP contribution in [-0.2, 0) is 10.0 Å². The molecule has 5 nitrogen and oxygen atoms in total. The minimum Gasteiger partial charge on any atom is -0.492 e. The Morgan fingerprint density at radius 1 is 1.50 bits per heavy atom. The number of nitrogens with two attached hydrogens (primary N) is 1. The van der Waals surface area contributed by atoms with Crippen LogP contribution in [0.2, 0.25) is 0 Å². The quantitative estimate of drug-likeness (QED) is 0.888. The van der Waals surface area contributed by atoms with E-state index in [1.54, 1.807) is 18.2 Å². The summed E-state index contributed by atoms with van der Waals surface area (Å²) in [5.41, 5.74) is 5.88. The number of halogens is 1. The summed E-state index contributed by atoms with van der Waals surface area (Å²) in [6, 6.07) is 4.93. The Bertz CT molecular complexity index is 577. The molecule has 0 aliphatic carbocycles. The lowest BCUT2D eigenvalue weighted by Crippen LogP contribution is -2.45. The Kier molecular flexibility index (Phi) is 5.06. The first-order chi connectivity index (χ1) is 9.45. The summed E-state index contributed by atoms with van der Waals surface area (Å²) < 4.78 is 33.1. The van der Waals surface area contributed by atoms with Gasteiger partial charge in [-0.1, -0.05) is 15.9 Å². The molecule has 2 rings (SSSR count). The van der Waals surface area contributed by atoms with Crippen molar-refractivity contribution in [2.45, 2.75) is 30.7 Å². The standard InChI is InChI=1S/C13H19BrN2O3S/c1-2-19-12-6-5-10(14)8-13(12)20(17,18)16-7-3-4-11(15)9-16/h5-6,8,11H,2-4,7,9,15H2,1H3/t11-/m1/s1. The number of hydrogen-bond acceptors (Lipinski definition) is 4. The van der Waals surface area contributed by atoms with Gasteiger partial charge in [-0.2, -0.15) is 4.31 Å². The molecule has 0 amide bonds. The molecular formula is C13H19BrN2O3S. The number of hydrogen-bond donors (Lipinski definition) is 1. The third kappa shape index (κ3) is 3.33. The topological polar surface area (TPSA) is 72.6 Å². The number of ether oxygens (including phenoxy) is 1. The van der Waals surface area contributed by atoms with Gasteiger partial charge in [0, 0.05) is 23.6 Å². The molecule has 0 radical (unpaired) electrons. The molecule has 1 aromatic rings. The van der Waals surface area contributed by atoms with Crippen molar-refractivity contribution in [1.29, 1.82) is 0 Å². The van der Waals surface area contributed by atoms with E-state index >= 15 is 0 Å². The first kappa shape index (κ1) is 15.8. The molecule has 7 heteroatoms. The summed E-state index contributed by atoms with van der Waals surface area (Å²) in [5.74, 6) is 0.384. The summed E-state index contributed by atoms with van der Waals surface area (Å²) in [7, 11) is -3.57. The molecule has 0 aromatic heterocycles. The predicted octanol–water partition coefficient (Wildman–Crippen LogP) is 1.96. The molecular weight excluding hydrogens is 344 g/mol. The second kappa shape index (κ2) is 6.43. The molecule has 2 N–H and O–H groups in total. The van der Waals surface area contributed by atoms with Gasteiger partial charge in [-0.25, -0.2) is 8.42 Å². The highest BCUT2D eigenvalue weighted by Gasteiger charge is 2.31. The normalized spacial score (nSPS) is 20.9. The van der Waals surface area contributed by atoms with Crippen molar-refractivity contribution in [1.82, 2.24) is 4.31 Å². The Morgan fingerprint density at radius 2 is 2.25 bits per heavy atom. The zero-order chi connectivity index (χ0) is 14.8. The molecule has 1 fully saturated rings. The maximum atomic E-state index is 12.8. The highest BCUT2D eigenvalue weighted by Crippen LogP contribution is 2.31. The summed E-state index contributed by atoms with van der Waals surface area (Å²) in [5, 5.41) is 0. The highest BCUT2D eigenvalue weighted by atomic mass is 79.9. The molecule has 0 unspecified atom stereocenters. The first-order valence-corrected chi connectivity index (χ1v) is 8.86. The van der Waals surface area contributed by atoms with Gasteiger partial charge >= 0.3 is 0 Å². The SMILES string of the molecule is CCOc1ccc(Br)cc1S(=O)(=O)N1CCC[C@@H](N)C1. The van der Waals surface area contributed by atoms with Crippen molar-refractivity contribution in [2.75, 3.05) is 19.7 Å². The van der Waals surface area contributed by atoms with Crippen molar-refractivity contribution < 1.29 is 13.2 Å². The number of sulfonamides is 1. The van der Waals surface area contributed by atoms with Crippen LogP contribution in [-0.4, -0.2) is 38.5 Å². The third-order valence-corrected chi connectivity index (χ3v) is 5.62. The maximum absolute atomic E-state index is 12.8. The van der Waals surface area contributed by atoms with E-state index in [9.17, 15) is 8.42 Å². The van der Waals surface area contributed by atoms with Crippen molar-refractivity contribution in [3.8, 4) is 5.75 Å². The minimum atomic E-state index is -3.57. The fourth-order valence-electron chi connectivity index (χ4n) is 2.29. The second-order valence-corrected chi connectivity index (χ2v) is 7.61. The van der Waals surface area contributed by atoms with E-state index in [4.69, 9.17) is 10.5 Å². The van der Waals surface area contributed by atoms with Gasteiger partial charge in [-0.05, 0) is 38.0 Å². The van der Waals surface area contributed by atoms with Crippen LogP contribution in [0, 0.1) is 0 Å². The van der Waals surface area contributed by atoms with Crippen LogP contribution in [0.3, 0.4) is 0 Å². The Morgan fingerprint density at radius 3 is 2.90 bits per heavy atom. The Balaban J connectivity index is 2.40. The third-order valence-electron chi connectivity index (χ3n) is 3.24. The lowest BCUT2D eigenvalue weighted by atomic mass is 10.1. The molecule has 112 valence electrons. The van der Waals surface area contributed by atoms with Gasteiger partial charge in [0.15, 0.2) is 0 Å². The predicted molar refractivity (Wildman–Crippen MR) is 81.3 cm³/mol. The molecule has 0 saturated carbocycles. The van der Waals surface area contributed by atoms with Gasteiger partial charge in [0.2, 0.25) is 10.0 Å². The van der Waals surface area contributed by atoms with Crippen molar-refractivity contribution in [3.63, 3.8) is 0 Å². The molecule has 0 spiro atoms. The number of nitrogens with zero attached hydrogens (tertiary/aromatic N) is 1. The fraction of sp³-hybridized carbons (Fsp3) is 0.538. The minimum absolute atomic E-state index is 0.0961. The molecule has 1 saturated heterocycles. The van der Waals surface area contributed by atoms with Crippen LogP contribution in [0.25, 0.3) is 0 Å². The van der Waals surface area contributed by atoms with Crippen molar-refractivity contribution in [3.05, 3.63) is 22.7 Å². The first-order valence-electron chi connectivity index (χ1n) is 6.63. The van der Waals surface area contributed by atoms with Gasteiger partial charge in [0.25, 0.3) is 0 Å². The van der Waals surface area contributed by atoms with E-state index in [0.717, 1.165) is 12.8 Å². The second-order valence-electron chi connectivity index (χ2n) is 4.79. The highest BCUT2D eigenvalue weighted by molar-refractivity contribution is 9.10. The maximum Gasteiger partial charge on any atom is 0.246 e. The van der Waals surface area contributed by atoms with Crippen LogP contribution in [0.15, 0.2) is 27.6 Å². The Hall–Kier alpha value is -0.630. The van der Waals surface area contributed by atoms with Gasteiger partial charge in [0.05, 0.1) is 6.61 Å². The summed E-state index contributed by atoms with van der Waals surface area (Å²) >= 11 is 3.31. The molecule has 1 aliphatic heterocycles. The van der Waals surface area contributed by atoms with Gasteiger partial charge in [-0.15, -0.1) is 0 Å². The van der Waals surface area contributed by atoms with Crippen molar-refractivity contribution in [2.24, 2.45) is 5.73 Å². The summed E-state index contributed by atoms with van der Waals surface area (Å²) in [6.07, 6.45) is 1.65. The van der Waals surface area contributed by atoms with E-state index in [1.165, 1.54) is 4.31 Å². The van der Waals surface area contributed by atoms with Crippen LogP contribution in [0.4, 0.5) is 0 Å². The monoisotopic (exact) mass is 362 g/mol. The van der Waals surface area contributed by atoms with Crippen molar-refractivity contribution >= 4 is 26.0 Å². The molecule has 0 bridgehead atoms. The van der Waals surface area contributed by atoms with E-state index in [-0.39, 0.29) is 10.9 Å². The van der Waals surface area contributed by atoms with Crippen LogP contribution < -0.4 is 10.5 Å². The molecule has 20 heavy (non-hydrogen) atoms. The largest absolute Gasteiger partial charge is 0.492 e. The molecule has 1 aliphatic rings. The lowest BCUT2D eigenvalue weighted by Gasteiger charge is -2.30. The summed E-state index contributed by atoms with van der Waals surface area (Å²) in [6.45, 7) is 3.12. The Labute approximate surface area is 128 Å². The van der Waals surface area contributed by atoms with Crippen LogP contribution in [0.1, 0.15) is 19.8 Å². The van der Waals surface area contributed by atoms with Gasteiger partial charge < -0.3 is 10.5 Å². The van der Waals surface area contributed by atoms with Gasteiger partial charge in [-0.3, -0.25) is 0 Å². The smallest absolute Gasteiger partial charge is 0.246 e. The van der Waals surface area contributed by atoms with Crippen LogP contribution in [0.5, 0.6) is 5.75 Å². The fourth-order valence-corrected chi connectivity index (χ4v) is 4.49. The number of rotatable bonds is 4. The van der Waals surface area contributed by atoms with E-state index in [0.29, 0.717) is 29.9 Å². The van der Waals surface area contributed by atoms with Crippen LogP contribution >= 0.6 is 15.9 Å². The van der Waals surface area contributed by atoms with E-state index < -0.39 is 10.0 Å². The van der Waals surface area contributed by atoms with E-state index in [1.807, 2.05) is 6.92 Å².